The molecule has 1 aromatic carbocycles. The normalized spacial score (nSPS) is 22.1. The molecule has 2 heterocycles. The van der Waals surface area contributed by atoms with Crippen LogP contribution >= 0.6 is 23.2 Å². The summed E-state index contributed by atoms with van der Waals surface area (Å²) in [4.78, 5) is 15.8. The summed E-state index contributed by atoms with van der Waals surface area (Å²) in [6, 6.07) is 7.58. The number of halogens is 2. The largest absolute Gasteiger partial charge is 0.361 e. The molecule has 2 aliphatic rings. The third-order valence-electron chi connectivity index (χ3n) is 5.84. The molecule has 26 heavy (non-hydrogen) atoms. The topological polar surface area (TPSA) is 46.3 Å². The Balaban J connectivity index is 1.70. The average molecular weight is 393 g/mol. The SMILES string of the molecule is Cc1cc(C2CCCN2C(=O)C2(c3ccc(Cl)c(Cl)c3)CCCC2)no1. The lowest BCUT2D eigenvalue weighted by atomic mass is 9.77. The van der Waals surface area contributed by atoms with E-state index in [9.17, 15) is 4.79 Å². The van der Waals surface area contributed by atoms with Crippen molar-refractivity contribution in [3.05, 3.63) is 51.3 Å². The lowest BCUT2D eigenvalue weighted by Gasteiger charge is -2.35. The van der Waals surface area contributed by atoms with Crippen LogP contribution in [0.25, 0.3) is 0 Å². The molecule has 1 aliphatic heterocycles. The Kier molecular flexibility index (Phi) is 4.74. The Morgan fingerprint density at radius 2 is 1.96 bits per heavy atom. The van der Waals surface area contributed by atoms with Gasteiger partial charge in [0.2, 0.25) is 5.91 Å². The Hall–Kier alpha value is -1.52. The maximum Gasteiger partial charge on any atom is 0.233 e. The number of carbonyl (C=O) groups excluding carboxylic acids is 1. The lowest BCUT2D eigenvalue weighted by molar-refractivity contribution is -0.138. The molecule has 4 nitrogen and oxygen atoms in total. The Labute approximate surface area is 163 Å². The van der Waals surface area contributed by atoms with Crippen LogP contribution in [-0.2, 0) is 10.2 Å². The number of benzene rings is 1. The fourth-order valence-corrected chi connectivity index (χ4v) is 4.83. The van der Waals surface area contributed by atoms with Crippen LogP contribution < -0.4 is 0 Å². The molecule has 4 rings (SSSR count). The number of likely N-dealkylation sites (tertiary alicyclic amines) is 1. The second-order valence-corrected chi connectivity index (χ2v) is 8.25. The van der Waals surface area contributed by atoms with E-state index in [1.807, 2.05) is 30.0 Å². The summed E-state index contributed by atoms with van der Waals surface area (Å²) in [5.74, 6) is 0.968. The molecule has 0 bridgehead atoms. The summed E-state index contributed by atoms with van der Waals surface area (Å²) in [7, 11) is 0. The number of hydrogen-bond donors (Lipinski definition) is 0. The van der Waals surface area contributed by atoms with Gasteiger partial charge in [0, 0.05) is 12.6 Å². The lowest BCUT2D eigenvalue weighted by Crippen LogP contribution is -2.45. The van der Waals surface area contributed by atoms with Crippen molar-refractivity contribution < 1.29 is 9.32 Å². The number of hydrogen-bond acceptors (Lipinski definition) is 3. The molecule has 1 atom stereocenters. The van der Waals surface area contributed by atoms with Crippen LogP contribution in [0, 0.1) is 6.92 Å². The Bertz CT molecular complexity index is 827. The maximum absolute atomic E-state index is 13.7. The van der Waals surface area contributed by atoms with Crippen molar-refractivity contribution in [3.63, 3.8) is 0 Å². The van der Waals surface area contributed by atoms with Gasteiger partial charge in [-0.05, 0) is 50.3 Å². The summed E-state index contributed by atoms with van der Waals surface area (Å²) in [5, 5.41) is 5.20. The van der Waals surface area contributed by atoms with Gasteiger partial charge in [0.05, 0.1) is 21.5 Å². The zero-order chi connectivity index (χ0) is 18.3. The van der Waals surface area contributed by atoms with Crippen molar-refractivity contribution in [2.24, 2.45) is 0 Å². The van der Waals surface area contributed by atoms with Crippen LogP contribution in [0.2, 0.25) is 10.0 Å². The number of rotatable bonds is 3. The number of carbonyl (C=O) groups is 1. The highest BCUT2D eigenvalue weighted by Gasteiger charge is 2.48. The second-order valence-electron chi connectivity index (χ2n) is 7.44. The van der Waals surface area contributed by atoms with Crippen molar-refractivity contribution in [1.29, 1.82) is 0 Å². The zero-order valence-electron chi connectivity index (χ0n) is 14.8. The minimum absolute atomic E-state index is 0.000183. The zero-order valence-corrected chi connectivity index (χ0v) is 16.3. The van der Waals surface area contributed by atoms with E-state index in [0.29, 0.717) is 10.0 Å². The molecule has 1 unspecified atom stereocenters. The highest BCUT2D eigenvalue weighted by atomic mass is 35.5. The minimum Gasteiger partial charge on any atom is -0.361 e. The molecular formula is C20H22Cl2N2O2. The van der Waals surface area contributed by atoms with Gasteiger partial charge in [-0.1, -0.05) is 47.3 Å². The second kappa shape index (κ2) is 6.90. The highest BCUT2D eigenvalue weighted by molar-refractivity contribution is 6.42. The fourth-order valence-electron chi connectivity index (χ4n) is 4.53. The molecule has 0 spiro atoms. The van der Waals surface area contributed by atoms with Gasteiger partial charge in [-0.15, -0.1) is 0 Å². The standard InChI is InChI=1S/C20H22Cl2N2O2/c1-13-11-17(23-26-13)18-5-4-10-24(18)19(25)20(8-2-3-9-20)14-6-7-15(21)16(22)12-14/h6-7,11-12,18H,2-5,8-10H2,1H3. The molecule has 138 valence electrons. The first-order valence-corrected chi connectivity index (χ1v) is 9.97. The maximum atomic E-state index is 13.7. The first-order valence-electron chi connectivity index (χ1n) is 9.21. The van der Waals surface area contributed by atoms with Gasteiger partial charge in [0.25, 0.3) is 0 Å². The molecule has 6 heteroatoms. The van der Waals surface area contributed by atoms with Crippen LogP contribution in [0.5, 0.6) is 0 Å². The van der Waals surface area contributed by atoms with E-state index in [2.05, 4.69) is 5.16 Å². The molecule has 1 aliphatic carbocycles. The summed E-state index contributed by atoms with van der Waals surface area (Å²) in [6.07, 6.45) is 5.71. The van der Waals surface area contributed by atoms with Gasteiger partial charge in [-0.25, -0.2) is 0 Å². The first kappa shape index (κ1) is 17.9. The van der Waals surface area contributed by atoms with E-state index in [4.69, 9.17) is 27.7 Å². The van der Waals surface area contributed by atoms with Crippen molar-refractivity contribution in [2.45, 2.75) is 56.9 Å². The summed E-state index contributed by atoms with van der Waals surface area (Å²) < 4.78 is 5.25. The number of aromatic nitrogens is 1. The van der Waals surface area contributed by atoms with Crippen molar-refractivity contribution in [3.8, 4) is 0 Å². The van der Waals surface area contributed by atoms with Gasteiger partial charge >= 0.3 is 0 Å². The molecule has 2 aromatic rings. The van der Waals surface area contributed by atoms with Crippen molar-refractivity contribution in [2.75, 3.05) is 6.54 Å². The Morgan fingerprint density at radius 1 is 1.19 bits per heavy atom. The third-order valence-corrected chi connectivity index (χ3v) is 6.58. The van der Waals surface area contributed by atoms with Gasteiger partial charge in [0.15, 0.2) is 0 Å². The highest BCUT2D eigenvalue weighted by Crippen LogP contribution is 2.46. The van der Waals surface area contributed by atoms with E-state index in [1.54, 1.807) is 6.07 Å². The molecule has 1 saturated heterocycles. The average Bonchev–Trinajstić information content (AvgIpc) is 3.36. The molecule has 0 radical (unpaired) electrons. The van der Waals surface area contributed by atoms with Crippen LogP contribution in [0.3, 0.4) is 0 Å². The summed E-state index contributed by atoms with van der Waals surface area (Å²) >= 11 is 12.4. The van der Waals surface area contributed by atoms with Crippen LogP contribution in [0.4, 0.5) is 0 Å². The smallest absolute Gasteiger partial charge is 0.233 e. The van der Waals surface area contributed by atoms with E-state index < -0.39 is 5.41 Å². The third kappa shape index (κ3) is 2.93. The molecule has 1 saturated carbocycles. The molecule has 0 N–H and O–H groups in total. The van der Waals surface area contributed by atoms with Crippen LogP contribution in [0.15, 0.2) is 28.8 Å². The molecule has 1 aromatic heterocycles. The first-order chi connectivity index (χ1) is 12.5. The van der Waals surface area contributed by atoms with Crippen LogP contribution in [0.1, 0.15) is 61.6 Å². The van der Waals surface area contributed by atoms with Gasteiger partial charge in [0.1, 0.15) is 11.5 Å². The number of nitrogens with zero attached hydrogens (tertiary/aromatic N) is 2. The monoisotopic (exact) mass is 392 g/mol. The van der Waals surface area contributed by atoms with E-state index in [0.717, 1.165) is 62.1 Å². The quantitative estimate of drug-likeness (QED) is 0.695. The van der Waals surface area contributed by atoms with E-state index >= 15 is 0 Å². The van der Waals surface area contributed by atoms with E-state index in [1.165, 1.54) is 0 Å². The van der Waals surface area contributed by atoms with Gasteiger partial charge in [-0.2, -0.15) is 0 Å². The summed E-state index contributed by atoms with van der Waals surface area (Å²) in [6.45, 7) is 2.64. The van der Waals surface area contributed by atoms with Gasteiger partial charge < -0.3 is 9.42 Å². The number of amides is 1. The van der Waals surface area contributed by atoms with Crippen molar-refractivity contribution >= 4 is 29.1 Å². The molecule has 2 fully saturated rings. The van der Waals surface area contributed by atoms with Crippen molar-refractivity contribution in [1.82, 2.24) is 10.1 Å². The summed E-state index contributed by atoms with van der Waals surface area (Å²) in [5.41, 5.74) is 1.34. The minimum atomic E-state index is -0.504. The molecule has 1 amide bonds. The molecular weight excluding hydrogens is 371 g/mol. The fraction of sp³-hybridized carbons (Fsp3) is 0.500. The van der Waals surface area contributed by atoms with Crippen LogP contribution in [-0.4, -0.2) is 22.5 Å². The number of aryl methyl sites for hydroxylation is 1. The van der Waals surface area contributed by atoms with Gasteiger partial charge in [-0.3, -0.25) is 4.79 Å². The van der Waals surface area contributed by atoms with E-state index in [-0.39, 0.29) is 11.9 Å². The predicted molar refractivity (Wildman–Crippen MR) is 102 cm³/mol. The Morgan fingerprint density at radius 3 is 2.62 bits per heavy atom. The predicted octanol–water partition coefficient (Wildman–Crippen LogP) is 5.47.